The zero-order valence-electron chi connectivity index (χ0n) is 11.0. The molecule has 0 heterocycles. The first-order valence-corrected chi connectivity index (χ1v) is 6.65. The first kappa shape index (κ1) is 11.5. The molecule has 3 rings (SSSR count). The van der Waals surface area contributed by atoms with Gasteiger partial charge in [-0.15, -0.1) is 0 Å². The molecule has 0 aliphatic heterocycles. The predicted molar refractivity (Wildman–Crippen MR) is 76.7 cm³/mol. The minimum absolute atomic E-state index is 0.533. The van der Waals surface area contributed by atoms with Crippen LogP contribution in [0.2, 0.25) is 0 Å². The van der Waals surface area contributed by atoms with Gasteiger partial charge in [0.05, 0.1) is 0 Å². The summed E-state index contributed by atoms with van der Waals surface area (Å²) in [5.41, 5.74) is 7.08. The van der Waals surface area contributed by atoms with Crippen LogP contribution in [0.3, 0.4) is 0 Å². The first-order chi connectivity index (χ1) is 8.79. The molecule has 0 spiro atoms. The molecule has 0 saturated carbocycles. The van der Waals surface area contributed by atoms with E-state index in [1.807, 2.05) is 0 Å². The number of rotatable bonds is 2. The molecule has 0 amide bonds. The lowest BCUT2D eigenvalue weighted by molar-refractivity contribution is 0.590. The lowest BCUT2D eigenvalue weighted by Crippen LogP contribution is -2.12. The largest absolute Gasteiger partial charge is 0.313 e. The van der Waals surface area contributed by atoms with E-state index in [2.05, 4.69) is 61.8 Å². The third-order valence-corrected chi connectivity index (χ3v) is 3.98. The molecule has 0 radical (unpaired) electrons. The monoisotopic (exact) mass is 237 g/mol. The van der Waals surface area contributed by atoms with Crippen molar-refractivity contribution in [3.63, 3.8) is 0 Å². The molecule has 92 valence electrons. The van der Waals surface area contributed by atoms with E-state index in [9.17, 15) is 0 Å². The highest BCUT2D eigenvalue weighted by molar-refractivity contribution is 5.70. The van der Waals surface area contributed by atoms with Gasteiger partial charge in [-0.2, -0.15) is 0 Å². The van der Waals surface area contributed by atoms with E-state index in [-0.39, 0.29) is 0 Å². The van der Waals surface area contributed by atoms with Gasteiger partial charge in [-0.25, -0.2) is 0 Å². The standard InChI is InChI=1S/C17H19N/c1-12-6-8-13(9-7-12)14-4-3-5-16-15(14)10-11-17(16)18-2/h3-9,17-18H,10-11H2,1-2H3. The van der Waals surface area contributed by atoms with Crippen LogP contribution in [-0.4, -0.2) is 7.05 Å². The first-order valence-electron chi connectivity index (χ1n) is 6.65. The maximum Gasteiger partial charge on any atom is 0.0323 e. The van der Waals surface area contributed by atoms with Crippen molar-refractivity contribution in [1.82, 2.24) is 5.32 Å². The fraction of sp³-hybridized carbons (Fsp3) is 0.294. The van der Waals surface area contributed by atoms with Crippen molar-refractivity contribution < 1.29 is 0 Å². The molecular formula is C17H19N. The summed E-state index contributed by atoms with van der Waals surface area (Å²) < 4.78 is 0. The molecule has 1 aliphatic carbocycles. The van der Waals surface area contributed by atoms with Gasteiger partial charge in [-0.3, -0.25) is 0 Å². The topological polar surface area (TPSA) is 12.0 Å². The van der Waals surface area contributed by atoms with Crippen LogP contribution in [0.4, 0.5) is 0 Å². The van der Waals surface area contributed by atoms with E-state index in [4.69, 9.17) is 0 Å². The van der Waals surface area contributed by atoms with Crippen LogP contribution in [0.5, 0.6) is 0 Å². The normalized spacial score (nSPS) is 17.8. The minimum atomic E-state index is 0.533. The summed E-state index contributed by atoms with van der Waals surface area (Å²) in [5, 5.41) is 3.41. The number of nitrogens with one attached hydrogen (secondary N) is 1. The molecule has 1 N–H and O–H groups in total. The Balaban J connectivity index is 2.09. The average Bonchev–Trinajstić information content (AvgIpc) is 2.82. The van der Waals surface area contributed by atoms with E-state index in [0.29, 0.717) is 6.04 Å². The van der Waals surface area contributed by atoms with Gasteiger partial charge >= 0.3 is 0 Å². The van der Waals surface area contributed by atoms with Crippen molar-refractivity contribution in [3.8, 4) is 11.1 Å². The van der Waals surface area contributed by atoms with Crippen molar-refractivity contribution >= 4 is 0 Å². The molecule has 0 bridgehead atoms. The summed E-state index contributed by atoms with van der Waals surface area (Å²) in [6, 6.07) is 16.1. The molecule has 2 aromatic carbocycles. The molecule has 0 aromatic heterocycles. The van der Waals surface area contributed by atoms with E-state index < -0.39 is 0 Å². The van der Waals surface area contributed by atoms with Gasteiger partial charge in [0, 0.05) is 6.04 Å². The highest BCUT2D eigenvalue weighted by Crippen LogP contribution is 2.37. The van der Waals surface area contributed by atoms with Gasteiger partial charge in [0.1, 0.15) is 0 Å². The molecular weight excluding hydrogens is 218 g/mol. The van der Waals surface area contributed by atoms with Crippen LogP contribution in [0.1, 0.15) is 29.2 Å². The molecule has 1 unspecified atom stereocenters. The number of aryl methyl sites for hydroxylation is 1. The van der Waals surface area contributed by atoms with Gasteiger partial charge in [0.25, 0.3) is 0 Å². The summed E-state index contributed by atoms with van der Waals surface area (Å²) in [7, 11) is 2.05. The van der Waals surface area contributed by atoms with Crippen molar-refractivity contribution in [3.05, 3.63) is 59.2 Å². The van der Waals surface area contributed by atoms with E-state index in [0.717, 1.165) is 0 Å². The summed E-state index contributed by atoms with van der Waals surface area (Å²) in [6.45, 7) is 2.14. The second-order valence-corrected chi connectivity index (χ2v) is 5.12. The van der Waals surface area contributed by atoms with Crippen molar-refractivity contribution in [2.75, 3.05) is 7.05 Å². The van der Waals surface area contributed by atoms with Crippen LogP contribution in [0.15, 0.2) is 42.5 Å². The molecule has 1 aliphatic rings. The Labute approximate surface area is 109 Å². The Bertz CT molecular complexity index is 554. The number of benzene rings is 2. The summed E-state index contributed by atoms with van der Waals surface area (Å²) in [4.78, 5) is 0. The summed E-state index contributed by atoms with van der Waals surface area (Å²) >= 11 is 0. The van der Waals surface area contributed by atoms with E-state index in [1.54, 1.807) is 0 Å². The molecule has 0 saturated heterocycles. The maximum absolute atomic E-state index is 3.41. The fourth-order valence-electron chi connectivity index (χ4n) is 2.96. The Morgan fingerprint density at radius 2 is 1.83 bits per heavy atom. The molecule has 0 fully saturated rings. The SMILES string of the molecule is CNC1CCc2c(-c3ccc(C)cc3)cccc21. The van der Waals surface area contributed by atoms with E-state index in [1.165, 1.54) is 40.7 Å². The third-order valence-electron chi connectivity index (χ3n) is 3.98. The molecule has 1 heteroatoms. The van der Waals surface area contributed by atoms with Crippen molar-refractivity contribution in [1.29, 1.82) is 0 Å². The second kappa shape index (κ2) is 4.58. The highest BCUT2D eigenvalue weighted by Gasteiger charge is 2.23. The van der Waals surface area contributed by atoms with Crippen LogP contribution in [0, 0.1) is 6.92 Å². The lowest BCUT2D eigenvalue weighted by atomic mass is 9.96. The number of hydrogen-bond acceptors (Lipinski definition) is 1. The van der Waals surface area contributed by atoms with E-state index >= 15 is 0 Å². The quantitative estimate of drug-likeness (QED) is 0.836. The average molecular weight is 237 g/mol. The van der Waals surface area contributed by atoms with Crippen LogP contribution in [0.25, 0.3) is 11.1 Å². The molecule has 2 aromatic rings. The smallest absolute Gasteiger partial charge is 0.0323 e. The van der Waals surface area contributed by atoms with Crippen LogP contribution >= 0.6 is 0 Å². The Kier molecular flexibility index (Phi) is 2.92. The van der Waals surface area contributed by atoms with Gasteiger partial charge in [-0.05, 0) is 49.1 Å². The molecule has 1 nitrogen and oxygen atoms in total. The zero-order chi connectivity index (χ0) is 12.5. The van der Waals surface area contributed by atoms with Gasteiger partial charge in [0.2, 0.25) is 0 Å². The molecule has 18 heavy (non-hydrogen) atoms. The van der Waals surface area contributed by atoms with Gasteiger partial charge in [0.15, 0.2) is 0 Å². The highest BCUT2D eigenvalue weighted by atomic mass is 14.9. The molecule has 1 atom stereocenters. The fourth-order valence-corrected chi connectivity index (χ4v) is 2.96. The zero-order valence-corrected chi connectivity index (χ0v) is 11.0. The van der Waals surface area contributed by atoms with Crippen LogP contribution < -0.4 is 5.32 Å². The minimum Gasteiger partial charge on any atom is -0.313 e. The van der Waals surface area contributed by atoms with Crippen molar-refractivity contribution in [2.45, 2.75) is 25.8 Å². The van der Waals surface area contributed by atoms with Crippen molar-refractivity contribution in [2.24, 2.45) is 0 Å². The predicted octanol–water partition coefficient (Wildman–Crippen LogP) is 3.87. The number of fused-ring (bicyclic) bond motifs is 1. The lowest BCUT2D eigenvalue weighted by Gasteiger charge is -2.12. The van der Waals surface area contributed by atoms with Gasteiger partial charge in [-0.1, -0.05) is 48.0 Å². The summed E-state index contributed by atoms with van der Waals surface area (Å²) in [6.07, 6.45) is 2.40. The second-order valence-electron chi connectivity index (χ2n) is 5.12. The Morgan fingerprint density at radius 3 is 2.56 bits per heavy atom. The number of hydrogen-bond donors (Lipinski definition) is 1. The van der Waals surface area contributed by atoms with Crippen LogP contribution in [-0.2, 0) is 6.42 Å². The maximum atomic E-state index is 3.41. The summed E-state index contributed by atoms with van der Waals surface area (Å²) in [5.74, 6) is 0. The third kappa shape index (κ3) is 1.85. The Hall–Kier alpha value is -1.60. The van der Waals surface area contributed by atoms with Gasteiger partial charge < -0.3 is 5.32 Å². The Morgan fingerprint density at radius 1 is 1.06 bits per heavy atom.